The molecule has 1 aliphatic rings. The van der Waals surface area contributed by atoms with Gasteiger partial charge in [-0.05, 0) is 61.9 Å². The largest absolute Gasteiger partial charge is 0.462 e. The first-order valence-corrected chi connectivity index (χ1v) is 13.9. The summed E-state index contributed by atoms with van der Waals surface area (Å²) < 4.78 is 6.47. The minimum absolute atomic E-state index is 0.259. The van der Waals surface area contributed by atoms with Crippen LogP contribution in [0.3, 0.4) is 0 Å². The highest BCUT2D eigenvalue weighted by molar-refractivity contribution is 9.10. The zero-order valence-corrected chi connectivity index (χ0v) is 22.5. The van der Waals surface area contributed by atoms with Gasteiger partial charge in [0.2, 0.25) is 0 Å². The van der Waals surface area contributed by atoms with E-state index >= 15 is 0 Å². The molecule has 5 nitrogen and oxygen atoms in total. The molecule has 2 aromatic carbocycles. The number of pyridine rings is 1. The van der Waals surface area contributed by atoms with Crippen LogP contribution >= 0.6 is 27.3 Å². The first-order valence-electron chi connectivity index (χ1n) is 12.3. The lowest BCUT2D eigenvalue weighted by molar-refractivity contribution is 0.0505. The number of para-hydroxylation sites is 1. The van der Waals surface area contributed by atoms with E-state index in [4.69, 9.17) is 9.72 Å². The number of fused-ring (bicyclic) bond motifs is 2. The third-order valence-electron chi connectivity index (χ3n) is 6.37. The van der Waals surface area contributed by atoms with E-state index in [0.29, 0.717) is 28.4 Å². The highest BCUT2D eigenvalue weighted by Gasteiger charge is 2.27. The molecule has 0 saturated carbocycles. The number of nitrogens with one attached hydrogen (secondary N) is 1. The highest BCUT2D eigenvalue weighted by Crippen LogP contribution is 2.38. The van der Waals surface area contributed by atoms with Gasteiger partial charge in [0.1, 0.15) is 5.00 Å². The Morgan fingerprint density at radius 3 is 2.72 bits per heavy atom. The SMILES string of the molecule is CCCOC(=O)c1c(NC(=O)c2cc(-c3cccc(Br)c3)nc3ccccc23)sc2c1CCCCC2. The van der Waals surface area contributed by atoms with Crippen LogP contribution in [-0.2, 0) is 17.6 Å². The van der Waals surface area contributed by atoms with Gasteiger partial charge < -0.3 is 10.1 Å². The molecule has 0 saturated heterocycles. The topological polar surface area (TPSA) is 68.3 Å². The number of aryl methyl sites for hydroxylation is 1. The van der Waals surface area contributed by atoms with Crippen molar-refractivity contribution >= 4 is 55.0 Å². The molecule has 0 spiro atoms. The van der Waals surface area contributed by atoms with E-state index in [2.05, 4.69) is 21.2 Å². The van der Waals surface area contributed by atoms with Crippen LogP contribution in [0.4, 0.5) is 5.00 Å². The van der Waals surface area contributed by atoms with Crippen LogP contribution in [0, 0.1) is 0 Å². The fraction of sp³-hybridized carbons (Fsp3) is 0.276. The lowest BCUT2D eigenvalue weighted by Gasteiger charge is -2.12. The minimum Gasteiger partial charge on any atom is -0.462 e. The molecule has 0 bridgehead atoms. The first kappa shape index (κ1) is 24.7. The molecule has 0 aliphatic heterocycles. The van der Waals surface area contributed by atoms with Gasteiger partial charge in [0.05, 0.1) is 28.9 Å². The van der Waals surface area contributed by atoms with E-state index in [0.717, 1.165) is 65.0 Å². The second kappa shape index (κ2) is 10.9. The molecule has 2 aromatic heterocycles. The molecular formula is C29H27BrN2O3S. The molecule has 1 N–H and O–H groups in total. The van der Waals surface area contributed by atoms with Gasteiger partial charge in [-0.3, -0.25) is 4.79 Å². The summed E-state index contributed by atoms with van der Waals surface area (Å²) in [6, 6.07) is 17.3. The monoisotopic (exact) mass is 562 g/mol. The Hall–Kier alpha value is -3.03. The first-order chi connectivity index (χ1) is 17.5. The number of amides is 1. The zero-order valence-electron chi connectivity index (χ0n) is 20.1. The maximum absolute atomic E-state index is 13.8. The van der Waals surface area contributed by atoms with Crippen LogP contribution in [0.25, 0.3) is 22.2 Å². The second-order valence-corrected chi connectivity index (χ2v) is 11.0. The summed E-state index contributed by atoms with van der Waals surface area (Å²) in [6.45, 7) is 2.34. The predicted octanol–water partition coefficient (Wildman–Crippen LogP) is 7.81. The molecule has 0 unspecified atom stereocenters. The Bertz CT molecular complexity index is 1450. The van der Waals surface area contributed by atoms with Gasteiger partial charge in [-0.1, -0.05) is 59.6 Å². The molecule has 1 amide bonds. The Morgan fingerprint density at radius 2 is 1.89 bits per heavy atom. The van der Waals surface area contributed by atoms with E-state index in [1.807, 2.05) is 61.5 Å². The zero-order chi connectivity index (χ0) is 25.1. The van der Waals surface area contributed by atoms with Crippen molar-refractivity contribution in [1.82, 2.24) is 4.98 Å². The highest BCUT2D eigenvalue weighted by atomic mass is 79.9. The fourth-order valence-corrected chi connectivity index (χ4v) is 6.31. The van der Waals surface area contributed by atoms with Crippen LogP contribution in [0.1, 0.15) is 63.8 Å². The van der Waals surface area contributed by atoms with Crippen molar-refractivity contribution in [2.24, 2.45) is 0 Å². The molecule has 0 fully saturated rings. The third kappa shape index (κ3) is 5.08. The number of carbonyl (C=O) groups excluding carboxylic acids is 2. The van der Waals surface area contributed by atoms with Crippen LogP contribution in [0.5, 0.6) is 0 Å². The number of nitrogens with zero attached hydrogens (tertiary/aromatic N) is 1. The molecule has 5 rings (SSSR count). The molecule has 184 valence electrons. The second-order valence-electron chi connectivity index (χ2n) is 8.94. The van der Waals surface area contributed by atoms with Crippen LogP contribution in [0.15, 0.2) is 59.1 Å². The lowest BCUT2D eigenvalue weighted by atomic mass is 10.0. The summed E-state index contributed by atoms with van der Waals surface area (Å²) in [7, 11) is 0. The van der Waals surface area contributed by atoms with Crippen molar-refractivity contribution in [3.63, 3.8) is 0 Å². The number of halogens is 1. The summed E-state index contributed by atoms with van der Waals surface area (Å²) in [5, 5.41) is 4.43. The lowest BCUT2D eigenvalue weighted by Crippen LogP contribution is -2.16. The number of hydrogen-bond donors (Lipinski definition) is 1. The summed E-state index contributed by atoms with van der Waals surface area (Å²) in [5.41, 5.74) is 4.46. The Labute approximate surface area is 223 Å². The van der Waals surface area contributed by atoms with Gasteiger partial charge in [0, 0.05) is 20.3 Å². The number of thiophene rings is 1. The number of esters is 1. The number of ether oxygens (including phenoxy) is 1. The van der Waals surface area contributed by atoms with Crippen molar-refractivity contribution in [2.45, 2.75) is 45.4 Å². The Morgan fingerprint density at radius 1 is 1.06 bits per heavy atom. The van der Waals surface area contributed by atoms with Crippen LogP contribution < -0.4 is 5.32 Å². The minimum atomic E-state index is -0.346. The van der Waals surface area contributed by atoms with Crippen molar-refractivity contribution in [3.8, 4) is 11.3 Å². The molecule has 4 aromatic rings. The molecule has 36 heavy (non-hydrogen) atoms. The maximum Gasteiger partial charge on any atom is 0.341 e. The predicted molar refractivity (Wildman–Crippen MR) is 149 cm³/mol. The smallest absolute Gasteiger partial charge is 0.341 e. The molecule has 7 heteroatoms. The van der Waals surface area contributed by atoms with Gasteiger partial charge in [-0.15, -0.1) is 11.3 Å². The number of benzene rings is 2. The van der Waals surface area contributed by atoms with Crippen molar-refractivity contribution in [3.05, 3.63) is 80.6 Å². The summed E-state index contributed by atoms with van der Waals surface area (Å²) in [5.74, 6) is -0.605. The average Bonchev–Trinajstić information content (AvgIpc) is 3.06. The molecule has 0 radical (unpaired) electrons. The summed E-state index contributed by atoms with van der Waals surface area (Å²) >= 11 is 5.04. The molecule has 1 aliphatic carbocycles. The Balaban J connectivity index is 1.56. The number of anilines is 1. The summed E-state index contributed by atoms with van der Waals surface area (Å²) in [6.07, 6.45) is 5.79. The van der Waals surface area contributed by atoms with Crippen molar-refractivity contribution in [1.29, 1.82) is 0 Å². The van der Waals surface area contributed by atoms with E-state index in [-0.39, 0.29) is 11.9 Å². The van der Waals surface area contributed by atoms with E-state index in [1.165, 1.54) is 16.2 Å². The number of aromatic nitrogens is 1. The molecule has 2 heterocycles. The fourth-order valence-electron chi connectivity index (χ4n) is 4.64. The normalized spacial score (nSPS) is 13.2. The van der Waals surface area contributed by atoms with Gasteiger partial charge in [0.25, 0.3) is 5.91 Å². The standard InChI is InChI=1S/C29H27BrN2O3S/c1-2-15-35-29(34)26-21-12-4-3-5-14-25(21)36-28(26)32-27(33)22-17-24(18-9-8-10-19(30)16-18)31-23-13-7-6-11-20(22)23/h6-11,13,16-17H,2-5,12,14-15H2,1H3,(H,32,33). The third-order valence-corrected chi connectivity index (χ3v) is 8.07. The number of carbonyl (C=O) groups is 2. The molecular weight excluding hydrogens is 536 g/mol. The maximum atomic E-state index is 13.8. The van der Waals surface area contributed by atoms with E-state index < -0.39 is 0 Å². The van der Waals surface area contributed by atoms with E-state index in [1.54, 1.807) is 0 Å². The number of hydrogen-bond acceptors (Lipinski definition) is 5. The van der Waals surface area contributed by atoms with Gasteiger partial charge in [0.15, 0.2) is 0 Å². The van der Waals surface area contributed by atoms with Gasteiger partial charge in [-0.2, -0.15) is 0 Å². The Kier molecular flexibility index (Phi) is 7.48. The van der Waals surface area contributed by atoms with Crippen molar-refractivity contribution < 1.29 is 14.3 Å². The molecule has 0 atom stereocenters. The van der Waals surface area contributed by atoms with Crippen molar-refractivity contribution in [2.75, 3.05) is 11.9 Å². The van der Waals surface area contributed by atoms with E-state index in [9.17, 15) is 9.59 Å². The quantitative estimate of drug-likeness (QED) is 0.192. The summed E-state index contributed by atoms with van der Waals surface area (Å²) in [4.78, 5) is 32.8. The van der Waals surface area contributed by atoms with Gasteiger partial charge in [-0.25, -0.2) is 9.78 Å². The number of rotatable bonds is 6. The average molecular weight is 564 g/mol. The van der Waals surface area contributed by atoms with Gasteiger partial charge >= 0.3 is 5.97 Å². The van der Waals surface area contributed by atoms with Crippen LogP contribution in [0.2, 0.25) is 0 Å². The van der Waals surface area contributed by atoms with Crippen LogP contribution in [-0.4, -0.2) is 23.5 Å².